The first-order valence-electron chi connectivity index (χ1n) is 9.64. The van der Waals surface area contributed by atoms with Crippen molar-refractivity contribution in [3.63, 3.8) is 0 Å². The first-order valence-corrected chi connectivity index (χ1v) is 9.64. The fraction of sp³-hybridized carbons (Fsp3) is 0.600. The molecule has 0 fully saturated rings. The molecule has 0 spiro atoms. The van der Waals surface area contributed by atoms with Crippen LogP contribution in [0, 0.1) is 5.92 Å². The molecule has 6 nitrogen and oxygen atoms in total. The Morgan fingerprint density at radius 1 is 1.00 bits per heavy atom. The predicted molar refractivity (Wildman–Crippen MR) is 97.5 cm³/mol. The van der Waals surface area contributed by atoms with Crippen LogP contribution < -0.4 is 0 Å². The van der Waals surface area contributed by atoms with E-state index in [1.54, 1.807) is 0 Å². The predicted octanol–water partition coefficient (Wildman–Crippen LogP) is 3.25. The summed E-state index contributed by atoms with van der Waals surface area (Å²) in [6, 6.07) is 0. The van der Waals surface area contributed by atoms with E-state index in [2.05, 4.69) is 35.7 Å². The van der Waals surface area contributed by atoms with Crippen molar-refractivity contribution in [3.8, 4) is 0 Å². The molecule has 0 aliphatic heterocycles. The molecule has 4 rings (SSSR count). The van der Waals surface area contributed by atoms with Crippen LogP contribution in [0.15, 0.2) is 0 Å². The summed E-state index contributed by atoms with van der Waals surface area (Å²) < 4.78 is 0. The van der Waals surface area contributed by atoms with Gasteiger partial charge in [-0.25, -0.2) is 9.97 Å². The minimum absolute atomic E-state index is 0.00159. The zero-order valence-electron chi connectivity index (χ0n) is 15.7. The lowest BCUT2D eigenvalue weighted by Crippen LogP contribution is -2.24. The lowest BCUT2D eigenvalue weighted by Gasteiger charge is -2.22. The van der Waals surface area contributed by atoms with E-state index in [1.165, 1.54) is 0 Å². The van der Waals surface area contributed by atoms with Crippen molar-refractivity contribution in [1.82, 2.24) is 19.9 Å². The smallest absolute Gasteiger partial charge is 0.184 e. The maximum absolute atomic E-state index is 12.9. The molecule has 2 aliphatic rings. The Labute approximate surface area is 153 Å². The molecule has 2 unspecified atom stereocenters. The van der Waals surface area contributed by atoms with Crippen LogP contribution in [0.3, 0.4) is 0 Å². The van der Waals surface area contributed by atoms with Crippen LogP contribution in [-0.2, 0) is 24.1 Å². The molecule has 2 atom stereocenters. The Kier molecular flexibility index (Phi) is 4.29. The van der Waals surface area contributed by atoms with Gasteiger partial charge in [-0.15, -0.1) is 0 Å². The molecule has 2 aromatic rings. The van der Waals surface area contributed by atoms with E-state index in [-0.39, 0.29) is 23.4 Å². The number of H-pyrrole nitrogens is 2. The van der Waals surface area contributed by atoms with E-state index in [4.69, 9.17) is 4.98 Å². The highest BCUT2D eigenvalue weighted by Crippen LogP contribution is 2.33. The Hall–Kier alpha value is -2.24. The van der Waals surface area contributed by atoms with Gasteiger partial charge in [0.1, 0.15) is 23.1 Å². The number of nitrogens with one attached hydrogen (secondary N) is 2. The van der Waals surface area contributed by atoms with E-state index in [1.807, 2.05) is 0 Å². The van der Waals surface area contributed by atoms with Gasteiger partial charge in [-0.3, -0.25) is 9.59 Å². The van der Waals surface area contributed by atoms with Crippen molar-refractivity contribution in [2.45, 2.75) is 71.1 Å². The summed E-state index contributed by atoms with van der Waals surface area (Å²) in [6.45, 7) is 6.27. The number of imidazole rings is 2. The van der Waals surface area contributed by atoms with Gasteiger partial charge < -0.3 is 9.97 Å². The van der Waals surface area contributed by atoms with Gasteiger partial charge in [-0.05, 0) is 25.7 Å². The molecule has 6 heteroatoms. The van der Waals surface area contributed by atoms with Crippen molar-refractivity contribution in [2.24, 2.45) is 5.92 Å². The van der Waals surface area contributed by atoms with E-state index in [9.17, 15) is 9.59 Å². The fourth-order valence-electron chi connectivity index (χ4n) is 4.09. The van der Waals surface area contributed by atoms with Crippen molar-refractivity contribution >= 4 is 11.6 Å². The van der Waals surface area contributed by atoms with Gasteiger partial charge >= 0.3 is 0 Å². The van der Waals surface area contributed by atoms with Gasteiger partial charge in [0.05, 0.1) is 11.4 Å². The zero-order chi connectivity index (χ0) is 18.4. The quantitative estimate of drug-likeness (QED) is 0.881. The summed E-state index contributed by atoms with van der Waals surface area (Å²) in [7, 11) is 0. The third-order valence-electron chi connectivity index (χ3n) is 5.69. The molecule has 0 aromatic carbocycles. The van der Waals surface area contributed by atoms with Crippen LogP contribution in [0.2, 0.25) is 0 Å². The normalized spacial score (nSPS) is 21.0. The standard InChI is InChI=1S/C20H26N4O2/c1-10(2)19-22-15-6-4-12(18(26)17(15)24-19)8-11(3)20-21-14-7-5-13(25)9-16(14)23-20/h10-12H,4-9H2,1-3H3,(H,21,23)(H,22,24). The molecule has 0 saturated heterocycles. The molecule has 0 bridgehead atoms. The molecule has 0 radical (unpaired) electrons. The van der Waals surface area contributed by atoms with Gasteiger partial charge in [0.15, 0.2) is 5.78 Å². The van der Waals surface area contributed by atoms with Gasteiger partial charge in [-0.2, -0.15) is 0 Å². The Balaban J connectivity index is 1.49. The average molecular weight is 354 g/mol. The first kappa shape index (κ1) is 17.2. The summed E-state index contributed by atoms with van der Waals surface area (Å²) in [5.74, 6) is 2.74. The lowest BCUT2D eigenvalue weighted by atomic mass is 9.82. The van der Waals surface area contributed by atoms with Crippen LogP contribution in [-0.4, -0.2) is 31.5 Å². The van der Waals surface area contributed by atoms with E-state index >= 15 is 0 Å². The van der Waals surface area contributed by atoms with Crippen molar-refractivity contribution in [1.29, 1.82) is 0 Å². The number of aromatic amines is 2. The van der Waals surface area contributed by atoms with Crippen LogP contribution >= 0.6 is 0 Å². The van der Waals surface area contributed by atoms with Crippen molar-refractivity contribution in [3.05, 3.63) is 34.4 Å². The Bertz CT molecular complexity index is 861. The fourth-order valence-corrected chi connectivity index (χ4v) is 4.09. The van der Waals surface area contributed by atoms with E-state index < -0.39 is 0 Å². The summed E-state index contributed by atoms with van der Waals surface area (Å²) in [5.41, 5.74) is 3.63. The molecule has 26 heavy (non-hydrogen) atoms. The second-order valence-corrected chi connectivity index (χ2v) is 8.10. The lowest BCUT2D eigenvalue weighted by molar-refractivity contribution is -0.118. The summed E-state index contributed by atoms with van der Waals surface area (Å²) in [5, 5.41) is 0. The number of fused-ring (bicyclic) bond motifs is 2. The number of Topliss-reactive ketones (excluding diaryl/α,β-unsaturated/α-hetero) is 2. The second kappa shape index (κ2) is 6.49. The number of hydrogen-bond acceptors (Lipinski definition) is 4. The summed E-state index contributed by atoms with van der Waals surface area (Å²) >= 11 is 0. The summed E-state index contributed by atoms with van der Waals surface area (Å²) in [6.07, 6.45) is 4.26. The van der Waals surface area contributed by atoms with E-state index in [0.29, 0.717) is 24.5 Å². The number of rotatable bonds is 4. The Morgan fingerprint density at radius 3 is 2.54 bits per heavy atom. The Morgan fingerprint density at radius 2 is 1.77 bits per heavy atom. The first-order chi connectivity index (χ1) is 12.4. The van der Waals surface area contributed by atoms with Gasteiger partial charge in [0.2, 0.25) is 0 Å². The molecule has 0 saturated carbocycles. The second-order valence-electron chi connectivity index (χ2n) is 8.10. The minimum atomic E-state index is 0.00159. The van der Waals surface area contributed by atoms with Crippen molar-refractivity contribution in [2.75, 3.05) is 0 Å². The van der Waals surface area contributed by atoms with Crippen LogP contribution in [0.4, 0.5) is 0 Å². The monoisotopic (exact) mass is 354 g/mol. The van der Waals surface area contributed by atoms with Gasteiger partial charge in [-0.1, -0.05) is 20.8 Å². The molecule has 0 amide bonds. The van der Waals surface area contributed by atoms with Crippen LogP contribution in [0.1, 0.15) is 91.1 Å². The summed E-state index contributed by atoms with van der Waals surface area (Å²) in [4.78, 5) is 40.4. The SMILES string of the molecule is CC(C)c1nc2c([nH]1)C(=O)C(CC(C)c1nc3c([nH]1)CC(=O)CC3)CC2. The molecular formula is C20H26N4O2. The third-order valence-corrected chi connectivity index (χ3v) is 5.69. The van der Waals surface area contributed by atoms with Crippen molar-refractivity contribution < 1.29 is 9.59 Å². The minimum Gasteiger partial charge on any atom is -0.345 e. The molecule has 2 aromatic heterocycles. The molecule has 138 valence electrons. The highest BCUT2D eigenvalue weighted by Gasteiger charge is 2.33. The molecule has 2 N–H and O–H groups in total. The number of carbonyl (C=O) groups is 2. The molecular weight excluding hydrogens is 328 g/mol. The number of ketones is 2. The maximum atomic E-state index is 12.9. The third kappa shape index (κ3) is 3.02. The maximum Gasteiger partial charge on any atom is 0.184 e. The van der Waals surface area contributed by atoms with E-state index in [0.717, 1.165) is 54.4 Å². The molecule has 2 aliphatic carbocycles. The molecule has 2 heterocycles. The van der Waals surface area contributed by atoms with Gasteiger partial charge in [0, 0.05) is 36.3 Å². The van der Waals surface area contributed by atoms with Crippen LogP contribution in [0.25, 0.3) is 0 Å². The number of carbonyl (C=O) groups excluding carboxylic acids is 2. The highest BCUT2D eigenvalue weighted by molar-refractivity contribution is 5.98. The number of hydrogen-bond donors (Lipinski definition) is 2. The number of aromatic nitrogens is 4. The number of nitrogens with zero attached hydrogens (tertiary/aromatic N) is 2. The zero-order valence-corrected chi connectivity index (χ0v) is 15.7. The number of aryl methyl sites for hydroxylation is 2. The highest BCUT2D eigenvalue weighted by atomic mass is 16.1. The topological polar surface area (TPSA) is 91.5 Å². The van der Waals surface area contributed by atoms with Crippen LogP contribution in [0.5, 0.6) is 0 Å². The largest absolute Gasteiger partial charge is 0.345 e. The average Bonchev–Trinajstić information content (AvgIpc) is 3.21. The van der Waals surface area contributed by atoms with Gasteiger partial charge in [0.25, 0.3) is 0 Å².